The third kappa shape index (κ3) is 13.1. The maximum absolute atomic E-state index is 10.8. The Morgan fingerprint density at radius 1 is 1.06 bits per heavy atom. The molecule has 0 aromatic rings. The van der Waals surface area contributed by atoms with E-state index in [1.54, 1.807) is 0 Å². The second-order valence-corrected chi connectivity index (χ2v) is 5.65. The molecule has 17 heavy (non-hydrogen) atoms. The van der Waals surface area contributed by atoms with Crippen molar-refractivity contribution in [1.29, 1.82) is 0 Å². The number of esters is 1. The van der Waals surface area contributed by atoms with E-state index in [9.17, 15) is 4.79 Å². The first-order valence-corrected chi connectivity index (χ1v) is 6.70. The van der Waals surface area contributed by atoms with Gasteiger partial charge in [0.05, 0.1) is 7.11 Å². The van der Waals surface area contributed by atoms with E-state index >= 15 is 0 Å². The number of methoxy groups -OCH3 is 1. The minimum Gasteiger partial charge on any atom is -0.469 e. The van der Waals surface area contributed by atoms with Crippen LogP contribution in [-0.2, 0) is 9.53 Å². The molecule has 0 amide bonds. The molecule has 0 saturated carbocycles. The lowest BCUT2D eigenvalue weighted by Gasteiger charge is -2.10. The van der Waals surface area contributed by atoms with E-state index in [-0.39, 0.29) is 5.97 Å². The summed E-state index contributed by atoms with van der Waals surface area (Å²) in [5.74, 6) is -0.0851. The summed E-state index contributed by atoms with van der Waals surface area (Å²) in [5.41, 5.74) is 0.306. The zero-order valence-electron chi connectivity index (χ0n) is 11.9. The molecule has 0 spiro atoms. The van der Waals surface area contributed by atoms with E-state index in [0.717, 1.165) is 12.8 Å². The smallest absolute Gasteiger partial charge is 0.305 e. The Kier molecular flexibility index (Phi) is 8.83. The second kappa shape index (κ2) is 9.26. The molecule has 0 aromatic carbocycles. The van der Waals surface area contributed by atoms with Crippen molar-refractivity contribution in [2.24, 2.45) is 5.41 Å². The Morgan fingerprint density at radius 3 is 2.24 bits per heavy atom. The Balaban J connectivity index is 3.25. The monoisotopic (exact) mass is 240 g/mol. The van der Waals surface area contributed by atoms with Gasteiger partial charge < -0.3 is 4.74 Å². The van der Waals surface area contributed by atoms with Gasteiger partial charge in [-0.05, 0) is 24.7 Å². The summed E-state index contributed by atoms with van der Waals surface area (Å²) >= 11 is 0. The summed E-state index contributed by atoms with van der Waals surface area (Å²) in [6.07, 6.45) is 12.1. The Hall–Kier alpha value is -0.790. The summed E-state index contributed by atoms with van der Waals surface area (Å²) in [7, 11) is 1.45. The van der Waals surface area contributed by atoms with Gasteiger partial charge in [0.2, 0.25) is 0 Å². The molecule has 0 bridgehead atoms. The molecule has 100 valence electrons. The van der Waals surface area contributed by atoms with Gasteiger partial charge in [0.1, 0.15) is 0 Å². The molecule has 0 heterocycles. The zero-order chi connectivity index (χ0) is 13.1. The molecule has 0 aliphatic heterocycles. The molecule has 0 radical (unpaired) electrons. The van der Waals surface area contributed by atoms with Gasteiger partial charge >= 0.3 is 5.97 Å². The fourth-order valence-corrected chi connectivity index (χ4v) is 1.60. The van der Waals surface area contributed by atoms with Crippen LogP contribution in [0.4, 0.5) is 0 Å². The lowest BCUT2D eigenvalue weighted by atomic mass is 9.95. The summed E-state index contributed by atoms with van der Waals surface area (Å²) in [4.78, 5) is 10.8. The highest BCUT2D eigenvalue weighted by Gasteiger charge is 2.02. The van der Waals surface area contributed by atoms with Crippen molar-refractivity contribution in [1.82, 2.24) is 0 Å². The predicted molar refractivity (Wildman–Crippen MR) is 72.9 cm³/mol. The van der Waals surface area contributed by atoms with Crippen molar-refractivity contribution >= 4 is 5.97 Å². The average Bonchev–Trinajstić information content (AvgIpc) is 2.25. The van der Waals surface area contributed by atoms with E-state index in [4.69, 9.17) is 0 Å². The van der Waals surface area contributed by atoms with Crippen molar-refractivity contribution in [3.63, 3.8) is 0 Å². The van der Waals surface area contributed by atoms with Crippen LogP contribution in [0.5, 0.6) is 0 Å². The minimum atomic E-state index is -0.0851. The predicted octanol–water partition coefficient (Wildman–Crippen LogP) is 4.49. The average molecular weight is 240 g/mol. The number of allylic oxidation sites excluding steroid dienone is 2. The normalized spacial score (nSPS) is 12.0. The van der Waals surface area contributed by atoms with Crippen LogP contribution in [0.25, 0.3) is 0 Å². The van der Waals surface area contributed by atoms with Gasteiger partial charge in [-0.2, -0.15) is 0 Å². The van der Waals surface area contributed by atoms with Gasteiger partial charge in [-0.25, -0.2) is 0 Å². The number of rotatable bonds is 8. The van der Waals surface area contributed by atoms with E-state index in [1.165, 1.54) is 32.8 Å². The second-order valence-electron chi connectivity index (χ2n) is 5.65. The van der Waals surface area contributed by atoms with Crippen LogP contribution in [0, 0.1) is 5.41 Å². The fourth-order valence-electron chi connectivity index (χ4n) is 1.60. The minimum absolute atomic E-state index is 0.0851. The molecular weight excluding hydrogens is 212 g/mol. The molecular formula is C15H28O2. The zero-order valence-corrected chi connectivity index (χ0v) is 11.9. The highest BCUT2D eigenvalue weighted by Crippen LogP contribution is 2.15. The van der Waals surface area contributed by atoms with Crippen LogP contribution in [0.1, 0.15) is 65.7 Å². The van der Waals surface area contributed by atoms with Crippen molar-refractivity contribution in [3.8, 4) is 0 Å². The maximum atomic E-state index is 10.8. The number of hydrogen-bond acceptors (Lipinski definition) is 2. The van der Waals surface area contributed by atoms with Crippen molar-refractivity contribution in [2.45, 2.75) is 65.7 Å². The van der Waals surface area contributed by atoms with Crippen LogP contribution >= 0.6 is 0 Å². The maximum Gasteiger partial charge on any atom is 0.305 e. The van der Waals surface area contributed by atoms with E-state index in [1.807, 2.05) is 0 Å². The SMILES string of the molecule is COC(=O)CCCCCCC/C=C/C(C)(C)C. The van der Waals surface area contributed by atoms with Crippen LogP contribution in [0.15, 0.2) is 12.2 Å². The standard InChI is InChI=1S/C15H28O2/c1-15(2,3)13-11-9-7-5-6-8-10-12-14(16)17-4/h11,13H,5-10,12H2,1-4H3/b13-11+. The first kappa shape index (κ1) is 16.2. The summed E-state index contributed by atoms with van der Waals surface area (Å²) in [5, 5.41) is 0. The number of ether oxygens (including phenoxy) is 1. The Morgan fingerprint density at radius 2 is 1.65 bits per heavy atom. The summed E-state index contributed by atoms with van der Waals surface area (Å²) in [6, 6.07) is 0. The van der Waals surface area contributed by atoms with Crippen LogP contribution in [-0.4, -0.2) is 13.1 Å². The summed E-state index contributed by atoms with van der Waals surface area (Å²) < 4.78 is 4.59. The molecule has 0 atom stereocenters. The van der Waals surface area contributed by atoms with Crippen LogP contribution in [0.2, 0.25) is 0 Å². The molecule has 0 fully saturated rings. The molecule has 0 N–H and O–H groups in total. The number of carbonyl (C=O) groups is 1. The van der Waals surface area contributed by atoms with Crippen LogP contribution in [0.3, 0.4) is 0 Å². The Bertz CT molecular complexity index is 224. The lowest BCUT2D eigenvalue weighted by Crippen LogP contribution is -1.99. The number of hydrogen-bond donors (Lipinski definition) is 0. The van der Waals surface area contributed by atoms with Crippen molar-refractivity contribution in [3.05, 3.63) is 12.2 Å². The van der Waals surface area contributed by atoms with Gasteiger partial charge in [0.15, 0.2) is 0 Å². The largest absolute Gasteiger partial charge is 0.469 e. The number of carbonyl (C=O) groups excluding carboxylic acids is 1. The van der Waals surface area contributed by atoms with Gasteiger partial charge in [-0.15, -0.1) is 0 Å². The number of unbranched alkanes of at least 4 members (excludes halogenated alkanes) is 5. The Labute approximate surface area is 106 Å². The molecule has 0 rings (SSSR count). The van der Waals surface area contributed by atoms with Crippen molar-refractivity contribution in [2.75, 3.05) is 7.11 Å². The molecule has 2 nitrogen and oxygen atoms in total. The third-order valence-electron chi connectivity index (χ3n) is 2.60. The van der Waals surface area contributed by atoms with Crippen LogP contribution < -0.4 is 0 Å². The van der Waals surface area contributed by atoms with Gasteiger partial charge in [0, 0.05) is 6.42 Å². The lowest BCUT2D eigenvalue weighted by molar-refractivity contribution is -0.140. The van der Waals surface area contributed by atoms with Gasteiger partial charge in [0.25, 0.3) is 0 Å². The van der Waals surface area contributed by atoms with Gasteiger partial charge in [-0.3, -0.25) is 4.79 Å². The summed E-state index contributed by atoms with van der Waals surface area (Å²) in [6.45, 7) is 6.66. The highest BCUT2D eigenvalue weighted by atomic mass is 16.5. The molecule has 0 aromatic heterocycles. The van der Waals surface area contributed by atoms with E-state index < -0.39 is 0 Å². The van der Waals surface area contributed by atoms with Gasteiger partial charge in [-0.1, -0.05) is 52.2 Å². The van der Waals surface area contributed by atoms with E-state index in [0.29, 0.717) is 11.8 Å². The first-order chi connectivity index (χ1) is 7.95. The molecule has 0 saturated heterocycles. The van der Waals surface area contributed by atoms with Crippen molar-refractivity contribution < 1.29 is 9.53 Å². The first-order valence-electron chi connectivity index (χ1n) is 6.70. The molecule has 0 aliphatic carbocycles. The van der Waals surface area contributed by atoms with E-state index in [2.05, 4.69) is 37.7 Å². The molecule has 2 heteroatoms. The quantitative estimate of drug-likeness (QED) is 0.355. The topological polar surface area (TPSA) is 26.3 Å². The fraction of sp³-hybridized carbons (Fsp3) is 0.800. The highest BCUT2D eigenvalue weighted by molar-refractivity contribution is 5.68. The molecule has 0 unspecified atom stereocenters. The third-order valence-corrected chi connectivity index (χ3v) is 2.60. The molecule has 0 aliphatic rings.